The second-order valence-corrected chi connectivity index (χ2v) is 5.65. The SMILES string of the molecule is COc1ccc2[nH]cc(C[C@H](C#N)C(=O)Nc3cccc(O)c3)c2c1. The minimum atomic E-state index is -0.854. The van der Waals surface area contributed by atoms with Crippen molar-refractivity contribution in [1.82, 2.24) is 4.98 Å². The quantitative estimate of drug-likeness (QED) is 0.667. The van der Waals surface area contributed by atoms with Gasteiger partial charge in [-0.1, -0.05) is 6.07 Å². The van der Waals surface area contributed by atoms with Crippen LogP contribution in [-0.4, -0.2) is 23.1 Å². The third kappa shape index (κ3) is 3.56. The van der Waals surface area contributed by atoms with Crippen molar-refractivity contribution >= 4 is 22.5 Å². The first kappa shape index (κ1) is 16.4. The molecule has 2 aromatic carbocycles. The van der Waals surface area contributed by atoms with Crippen LogP contribution in [0.2, 0.25) is 0 Å². The van der Waals surface area contributed by atoms with E-state index in [9.17, 15) is 15.2 Å². The van der Waals surface area contributed by atoms with Gasteiger partial charge in [0, 0.05) is 28.9 Å². The normalized spacial score (nSPS) is 11.7. The van der Waals surface area contributed by atoms with Crippen LogP contribution in [0.1, 0.15) is 5.56 Å². The molecule has 0 spiro atoms. The Morgan fingerprint density at radius 1 is 1.36 bits per heavy atom. The number of hydrogen-bond acceptors (Lipinski definition) is 4. The highest BCUT2D eigenvalue weighted by Crippen LogP contribution is 2.26. The number of amides is 1. The number of benzene rings is 2. The van der Waals surface area contributed by atoms with Gasteiger partial charge < -0.3 is 20.1 Å². The van der Waals surface area contributed by atoms with Crippen LogP contribution < -0.4 is 10.1 Å². The van der Waals surface area contributed by atoms with Gasteiger partial charge in [-0.25, -0.2) is 0 Å². The maximum atomic E-state index is 12.4. The van der Waals surface area contributed by atoms with Crippen molar-refractivity contribution in [3.63, 3.8) is 0 Å². The molecule has 0 aliphatic carbocycles. The molecule has 0 radical (unpaired) electrons. The number of aromatic nitrogens is 1. The summed E-state index contributed by atoms with van der Waals surface area (Å²) in [6.45, 7) is 0. The lowest BCUT2D eigenvalue weighted by Crippen LogP contribution is -2.23. The number of ether oxygens (including phenoxy) is 1. The summed E-state index contributed by atoms with van der Waals surface area (Å²) in [4.78, 5) is 15.5. The van der Waals surface area contributed by atoms with Gasteiger partial charge in [0.15, 0.2) is 0 Å². The number of aromatic amines is 1. The highest BCUT2D eigenvalue weighted by molar-refractivity contribution is 5.95. The number of nitrogens with one attached hydrogen (secondary N) is 2. The van der Waals surface area contributed by atoms with E-state index in [0.29, 0.717) is 11.4 Å². The summed E-state index contributed by atoms with van der Waals surface area (Å²) in [6, 6.07) is 13.9. The molecule has 25 heavy (non-hydrogen) atoms. The predicted octanol–water partition coefficient (Wildman–Crippen LogP) is 3.20. The molecule has 3 rings (SSSR count). The van der Waals surface area contributed by atoms with Gasteiger partial charge in [0.05, 0.1) is 13.2 Å². The lowest BCUT2D eigenvalue weighted by atomic mass is 9.99. The molecule has 0 unspecified atom stereocenters. The Kier molecular flexibility index (Phi) is 4.57. The number of rotatable bonds is 5. The van der Waals surface area contributed by atoms with E-state index in [1.165, 1.54) is 12.1 Å². The van der Waals surface area contributed by atoms with Crippen molar-refractivity contribution in [3.05, 3.63) is 54.2 Å². The number of phenolic OH excluding ortho intramolecular Hbond substituents is 1. The van der Waals surface area contributed by atoms with E-state index < -0.39 is 11.8 Å². The summed E-state index contributed by atoms with van der Waals surface area (Å²) < 4.78 is 5.23. The number of fused-ring (bicyclic) bond motifs is 1. The molecule has 0 aliphatic heterocycles. The van der Waals surface area contributed by atoms with Crippen LogP contribution in [0.4, 0.5) is 5.69 Å². The molecule has 1 aromatic heterocycles. The molecule has 0 bridgehead atoms. The number of carbonyl (C=O) groups is 1. The Morgan fingerprint density at radius 2 is 2.20 bits per heavy atom. The minimum absolute atomic E-state index is 0.0510. The molecule has 6 heteroatoms. The van der Waals surface area contributed by atoms with Crippen LogP contribution in [0.25, 0.3) is 10.9 Å². The third-order valence-electron chi connectivity index (χ3n) is 3.98. The average Bonchev–Trinajstić information content (AvgIpc) is 3.01. The van der Waals surface area contributed by atoms with Crippen LogP contribution >= 0.6 is 0 Å². The molecular formula is C19H17N3O3. The number of hydrogen-bond donors (Lipinski definition) is 3. The fourth-order valence-corrected chi connectivity index (χ4v) is 2.68. The third-order valence-corrected chi connectivity index (χ3v) is 3.98. The predicted molar refractivity (Wildman–Crippen MR) is 94.4 cm³/mol. The summed E-state index contributed by atoms with van der Waals surface area (Å²) in [5, 5.41) is 22.5. The van der Waals surface area contributed by atoms with Crippen molar-refractivity contribution in [2.24, 2.45) is 5.92 Å². The van der Waals surface area contributed by atoms with Gasteiger partial charge in [0.2, 0.25) is 5.91 Å². The molecule has 0 saturated heterocycles. The maximum Gasteiger partial charge on any atom is 0.242 e. The van der Waals surface area contributed by atoms with E-state index >= 15 is 0 Å². The first-order valence-corrected chi connectivity index (χ1v) is 7.74. The highest BCUT2D eigenvalue weighted by Gasteiger charge is 2.20. The fourth-order valence-electron chi connectivity index (χ4n) is 2.68. The summed E-state index contributed by atoms with van der Waals surface area (Å²) in [5.74, 6) is -0.501. The van der Waals surface area contributed by atoms with Gasteiger partial charge >= 0.3 is 0 Å². The minimum Gasteiger partial charge on any atom is -0.508 e. The first-order valence-electron chi connectivity index (χ1n) is 7.74. The van der Waals surface area contributed by atoms with Crippen LogP contribution in [0.5, 0.6) is 11.5 Å². The lowest BCUT2D eigenvalue weighted by molar-refractivity contribution is -0.118. The number of H-pyrrole nitrogens is 1. The number of phenols is 1. The molecule has 1 atom stereocenters. The Labute approximate surface area is 144 Å². The molecule has 0 saturated carbocycles. The van der Waals surface area contributed by atoms with E-state index in [1.54, 1.807) is 25.4 Å². The van der Waals surface area contributed by atoms with E-state index in [-0.39, 0.29) is 12.2 Å². The number of nitrogens with zero attached hydrogens (tertiary/aromatic N) is 1. The van der Waals surface area contributed by atoms with Crippen molar-refractivity contribution in [2.45, 2.75) is 6.42 Å². The highest BCUT2D eigenvalue weighted by atomic mass is 16.5. The van der Waals surface area contributed by atoms with Gasteiger partial charge in [-0.15, -0.1) is 0 Å². The lowest BCUT2D eigenvalue weighted by Gasteiger charge is -2.10. The van der Waals surface area contributed by atoms with Gasteiger partial charge in [0.25, 0.3) is 0 Å². The molecule has 6 nitrogen and oxygen atoms in total. The average molecular weight is 335 g/mol. The number of methoxy groups -OCH3 is 1. The molecule has 3 aromatic rings. The van der Waals surface area contributed by atoms with E-state index in [1.807, 2.05) is 24.3 Å². The van der Waals surface area contributed by atoms with E-state index in [2.05, 4.69) is 10.3 Å². The summed E-state index contributed by atoms with van der Waals surface area (Å²) >= 11 is 0. The molecule has 126 valence electrons. The molecule has 1 amide bonds. The van der Waals surface area contributed by atoms with Gasteiger partial charge in [-0.3, -0.25) is 4.79 Å². The Hall–Kier alpha value is -3.46. The Bertz CT molecular complexity index is 956. The second-order valence-electron chi connectivity index (χ2n) is 5.65. The van der Waals surface area contributed by atoms with E-state index in [0.717, 1.165) is 16.5 Å². The molecular weight excluding hydrogens is 318 g/mol. The standard InChI is InChI=1S/C19H17N3O3/c1-25-16-5-6-18-17(9-16)13(11-21-18)7-12(10-20)19(24)22-14-3-2-4-15(23)8-14/h2-6,8-9,11-12,21,23H,7H2,1H3,(H,22,24)/t12-/m1/s1. The zero-order valence-corrected chi connectivity index (χ0v) is 13.6. The van der Waals surface area contributed by atoms with Crippen molar-refractivity contribution in [2.75, 3.05) is 12.4 Å². The molecule has 1 heterocycles. The van der Waals surface area contributed by atoms with Gasteiger partial charge in [-0.05, 0) is 42.3 Å². The monoisotopic (exact) mass is 335 g/mol. The molecule has 0 fully saturated rings. The second kappa shape index (κ2) is 6.97. The topological polar surface area (TPSA) is 98.1 Å². The zero-order chi connectivity index (χ0) is 17.8. The number of aromatic hydroxyl groups is 1. The molecule has 3 N–H and O–H groups in total. The van der Waals surface area contributed by atoms with Crippen LogP contribution in [0, 0.1) is 17.2 Å². The van der Waals surface area contributed by atoms with Gasteiger partial charge in [0.1, 0.15) is 17.4 Å². The van der Waals surface area contributed by atoms with Crippen molar-refractivity contribution < 1.29 is 14.6 Å². The van der Waals surface area contributed by atoms with E-state index in [4.69, 9.17) is 4.74 Å². The van der Waals surface area contributed by atoms with Crippen LogP contribution in [0.3, 0.4) is 0 Å². The van der Waals surface area contributed by atoms with Crippen LogP contribution in [0.15, 0.2) is 48.7 Å². The summed E-state index contributed by atoms with van der Waals surface area (Å²) in [6.07, 6.45) is 2.07. The van der Waals surface area contributed by atoms with Crippen LogP contribution in [-0.2, 0) is 11.2 Å². The summed E-state index contributed by atoms with van der Waals surface area (Å²) in [7, 11) is 1.59. The summed E-state index contributed by atoms with van der Waals surface area (Å²) in [5.41, 5.74) is 2.23. The fraction of sp³-hybridized carbons (Fsp3) is 0.158. The first-order chi connectivity index (χ1) is 12.1. The number of nitriles is 1. The Balaban J connectivity index is 1.80. The number of carbonyl (C=O) groups excluding carboxylic acids is 1. The zero-order valence-electron chi connectivity index (χ0n) is 13.6. The van der Waals surface area contributed by atoms with Crippen molar-refractivity contribution in [1.29, 1.82) is 5.26 Å². The number of anilines is 1. The largest absolute Gasteiger partial charge is 0.508 e. The van der Waals surface area contributed by atoms with Gasteiger partial charge in [-0.2, -0.15) is 5.26 Å². The van der Waals surface area contributed by atoms with Crippen molar-refractivity contribution in [3.8, 4) is 17.6 Å². The smallest absolute Gasteiger partial charge is 0.242 e. The molecule has 0 aliphatic rings. The maximum absolute atomic E-state index is 12.4. The Morgan fingerprint density at radius 3 is 2.92 bits per heavy atom.